The molecule has 0 heterocycles. The molecule has 0 aliphatic carbocycles. The Labute approximate surface area is 112 Å². The van der Waals surface area contributed by atoms with Crippen molar-refractivity contribution in [3.05, 3.63) is 29.8 Å². The van der Waals surface area contributed by atoms with Crippen LogP contribution in [-0.4, -0.2) is 18.8 Å². The second kappa shape index (κ2) is 6.00. The van der Waals surface area contributed by atoms with E-state index in [1.165, 1.54) is 12.1 Å². The van der Waals surface area contributed by atoms with Gasteiger partial charge in [-0.25, -0.2) is 9.13 Å². The molecule has 0 fully saturated rings. The Morgan fingerprint density at radius 3 is 2.00 bits per heavy atom. The van der Waals surface area contributed by atoms with Crippen molar-refractivity contribution < 1.29 is 35.8 Å². The van der Waals surface area contributed by atoms with Crippen molar-refractivity contribution >= 4 is 15.9 Å². The van der Waals surface area contributed by atoms with Crippen LogP contribution in [0, 0.1) is 0 Å². The highest BCUT2D eigenvalue weighted by Crippen LogP contribution is 2.31. The fraction of sp³-hybridized carbons (Fsp3) is 0.400. The van der Waals surface area contributed by atoms with Gasteiger partial charge in [0.1, 0.15) is 5.75 Å². The summed E-state index contributed by atoms with van der Waals surface area (Å²) in [6.07, 6.45) is -14.2. The quantitative estimate of drug-likeness (QED) is 0.578. The number of alkyl halides is 7. The first-order valence-corrected chi connectivity index (χ1v) is 5.86. The molecular weight excluding hydrogens is 346 g/mol. The maximum atomic E-state index is 13.0. The van der Waals surface area contributed by atoms with Crippen molar-refractivity contribution in [2.24, 2.45) is 0 Å². The topological polar surface area (TPSA) is 18.5 Å². The zero-order valence-electron chi connectivity index (χ0n) is 9.06. The van der Waals surface area contributed by atoms with Crippen LogP contribution in [0.5, 0.6) is 5.75 Å². The molecule has 108 valence electrons. The molecule has 0 aliphatic rings. The van der Waals surface area contributed by atoms with Crippen LogP contribution in [0.1, 0.15) is 5.56 Å². The Kier molecular flexibility index (Phi) is 5.08. The van der Waals surface area contributed by atoms with Gasteiger partial charge in [0.05, 0.1) is 0 Å². The maximum Gasteiger partial charge on any atom is 0.525 e. The summed E-state index contributed by atoms with van der Waals surface area (Å²) in [4.78, 5) is 0. The van der Waals surface area contributed by atoms with Gasteiger partial charge in [-0.15, -0.1) is 13.2 Å². The minimum Gasteiger partial charge on any atom is -0.429 e. The van der Waals surface area contributed by atoms with Gasteiger partial charge in [-0.2, -0.15) is 8.78 Å². The summed E-state index contributed by atoms with van der Waals surface area (Å²) in [5.74, 6) is -0.483. The second-order valence-electron chi connectivity index (χ2n) is 3.32. The minimum atomic E-state index is -5.52. The third-order valence-corrected chi connectivity index (χ3v) is 2.48. The lowest BCUT2D eigenvalue weighted by molar-refractivity contribution is -0.411. The Balaban J connectivity index is 2.71. The van der Waals surface area contributed by atoms with E-state index in [2.05, 4.69) is 25.4 Å². The zero-order chi connectivity index (χ0) is 14.7. The lowest BCUT2D eigenvalue weighted by Crippen LogP contribution is -2.41. The molecule has 0 N–H and O–H groups in total. The van der Waals surface area contributed by atoms with Crippen molar-refractivity contribution in [3.63, 3.8) is 0 Å². The molecule has 1 aromatic carbocycles. The van der Waals surface area contributed by atoms with Crippen LogP contribution in [0.2, 0.25) is 0 Å². The summed E-state index contributed by atoms with van der Waals surface area (Å²) in [5, 5.41) is 0.451. The lowest BCUT2D eigenvalue weighted by atomic mass is 10.2. The highest BCUT2D eigenvalue weighted by molar-refractivity contribution is 9.08. The van der Waals surface area contributed by atoms with Crippen LogP contribution in [0.25, 0.3) is 0 Å². The van der Waals surface area contributed by atoms with Gasteiger partial charge in [-0.05, 0) is 17.7 Å². The number of ether oxygens (including phenoxy) is 2. The zero-order valence-corrected chi connectivity index (χ0v) is 10.6. The summed E-state index contributed by atoms with van der Waals surface area (Å²) >= 11 is 3.11. The van der Waals surface area contributed by atoms with Gasteiger partial charge in [0, 0.05) is 5.33 Å². The van der Waals surface area contributed by atoms with Crippen molar-refractivity contribution in [1.82, 2.24) is 0 Å². The standard InChI is InChI=1S/C10H7BrF6O2/c11-5-6-1-3-7(4-2-6)18-9(13,14)8(12)19-10(15,16)17/h1-4,8H,5H2. The first-order chi connectivity index (χ1) is 8.64. The molecule has 1 rings (SSSR count). The Bertz CT molecular complexity index is 405. The van der Waals surface area contributed by atoms with E-state index in [1.807, 2.05) is 0 Å². The molecule has 0 radical (unpaired) electrons. The molecule has 0 aromatic heterocycles. The van der Waals surface area contributed by atoms with E-state index in [9.17, 15) is 26.3 Å². The second-order valence-corrected chi connectivity index (χ2v) is 3.88. The predicted octanol–water partition coefficient (Wildman–Crippen LogP) is 4.39. The van der Waals surface area contributed by atoms with Gasteiger partial charge >= 0.3 is 18.8 Å². The van der Waals surface area contributed by atoms with Gasteiger partial charge in [-0.3, -0.25) is 0 Å². The number of halogens is 7. The molecule has 1 aromatic rings. The van der Waals surface area contributed by atoms with Crippen molar-refractivity contribution in [2.75, 3.05) is 0 Å². The molecule has 0 saturated carbocycles. The van der Waals surface area contributed by atoms with E-state index in [-0.39, 0.29) is 0 Å². The first-order valence-electron chi connectivity index (χ1n) is 4.74. The summed E-state index contributed by atoms with van der Waals surface area (Å²) in [6, 6.07) is 4.92. The van der Waals surface area contributed by atoms with Gasteiger partial charge in [0.25, 0.3) is 0 Å². The predicted molar refractivity (Wildman–Crippen MR) is 56.7 cm³/mol. The van der Waals surface area contributed by atoms with E-state index >= 15 is 0 Å². The molecule has 2 nitrogen and oxygen atoms in total. The largest absolute Gasteiger partial charge is 0.525 e. The molecule has 0 aliphatic heterocycles. The minimum absolute atomic E-state index is 0.451. The van der Waals surface area contributed by atoms with Crippen LogP contribution < -0.4 is 4.74 Å². The lowest BCUT2D eigenvalue weighted by Gasteiger charge is -2.22. The highest BCUT2D eigenvalue weighted by atomic mass is 79.9. The summed E-state index contributed by atoms with van der Waals surface area (Å²) < 4.78 is 79.9. The van der Waals surface area contributed by atoms with Crippen molar-refractivity contribution in [1.29, 1.82) is 0 Å². The maximum absolute atomic E-state index is 13.0. The molecule has 19 heavy (non-hydrogen) atoms. The normalized spacial score (nSPS) is 14.3. The van der Waals surface area contributed by atoms with E-state index in [4.69, 9.17) is 0 Å². The van der Waals surface area contributed by atoms with Crippen LogP contribution in [-0.2, 0) is 10.1 Å². The monoisotopic (exact) mass is 352 g/mol. The molecule has 1 unspecified atom stereocenters. The molecule has 0 spiro atoms. The third kappa shape index (κ3) is 5.27. The van der Waals surface area contributed by atoms with Crippen LogP contribution in [0.3, 0.4) is 0 Å². The van der Waals surface area contributed by atoms with Gasteiger partial charge < -0.3 is 4.74 Å². The molecule has 0 saturated heterocycles. The number of benzene rings is 1. The Morgan fingerprint density at radius 1 is 1.05 bits per heavy atom. The van der Waals surface area contributed by atoms with Crippen molar-refractivity contribution in [3.8, 4) is 5.75 Å². The van der Waals surface area contributed by atoms with Crippen LogP contribution in [0.15, 0.2) is 24.3 Å². The van der Waals surface area contributed by atoms with E-state index in [1.54, 1.807) is 0 Å². The van der Waals surface area contributed by atoms with Crippen molar-refractivity contribution in [2.45, 2.75) is 24.2 Å². The fourth-order valence-corrected chi connectivity index (χ4v) is 1.41. The van der Waals surface area contributed by atoms with E-state index < -0.39 is 24.6 Å². The molecular formula is C10H7BrF6O2. The average molecular weight is 353 g/mol. The number of rotatable bonds is 5. The van der Waals surface area contributed by atoms with Gasteiger partial charge in [-0.1, -0.05) is 28.1 Å². The SMILES string of the molecule is FC(OC(F)(F)F)C(F)(F)Oc1ccc(CBr)cc1. The highest BCUT2D eigenvalue weighted by Gasteiger charge is 2.50. The summed E-state index contributed by atoms with van der Waals surface area (Å²) in [7, 11) is 0. The molecule has 9 heteroatoms. The van der Waals surface area contributed by atoms with Crippen LogP contribution >= 0.6 is 15.9 Å². The molecule has 1 atom stereocenters. The summed E-state index contributed by atoms with van der Waals surface area (Å²) in [5.41, 5.74) is 0.721. The number of hydrogen-bond acceptors (Lipinski definition) is 2. The smallest absolute Gasteiger partial charge is 0.429 e. The fourth-order valence-electron chi connectivity index (χ4n) is 1.04. The van der Waals surface area contributed by atoms with Crippen LogP contribution in [0.4, 0.5) is 26.3 Å². The Morgan fingerprint density at radius 2 is 1.58 bits per heavy atom. The number of hydrogen-bond donors (Lipinski definition) is 0. The van der Waals surface area contributed by atoms with Gasteiger partial charge in [0.15, 0.2) is 0 Å². The summed E-state index contributed by atoms with van der Waals surface area (Å²) in [6.45, 7) is 0. The van der Waals surface area contributed by atoms with Gasteiger partial charge in [0.2, 0.25) is 0 Å². The average Bonchev–Trinajstić information content (AvgIpc) is 2.27. The van der Waals surface area contributed by atoms with E-state index in [0.29, 0.717) is 5.33 Å². The Hall–Kier alpha value is -0.960. The van der Waals surface area contributed by atoms with E-state index in [0.717, 1.165) is 17.7 Å². The first kappa shape index (κ1) is 16.1. The molecule has 0 amide bonds. The third-order valence-electron chi connectivity index (χ3n) is 1.83. The molecule has 0 bridgehead atoms.